The van der Waals surface area contributed by atoms with Gasteiger partial charge in [0.1, 0.15) is 0 Å². The average molecular weight is 282 g/mol. The van der Waals surface area contributed by atoms with Crippen LogP contribution in [0.3, 0.4) is 0 Å². The highest BCUT2D eigenvalue weighted by atomic mass is 79.9. The quantitative estimate of drug-likeness (QED) is 0.693. The predicted octanol–water partition coefficient (Wildman–Crippen LogP) is 4.88. The molecule has 1 rings (SSSR count). The maximum atomic E-state index is 6.05. The van der Waals surface area contributed by atoms with Gasteiger partial charge in [-0.25, -0.2) is 0 Å². The van der Waals surface area contributed by atoms with Crippen LogP contribution >= 0.6 is 39.1 Å². The summed E-state index contributed by atoms with van der Waals surface area (Å²) in [6.45, 7) is 2.15. The lowest BCUT2D eigenvalue weighted by Crippen LogP contribution is -1.95. The van der Waals surface area contributed by atoms with Gasteiger partial charge in [0.15, 0.2) is 0 Å². The Morgan fingerprint density at radius 2 is 2.08 bits per heavy atom. The maximum absolute atomic E-state index is 6.05. The van der Waals surface area contributed by atoms with E-state index in [1.54, 1.807) is 0 Å². The van der Waals surface area contributed by atoms with E-state index in [-0.39, 0.29) is 0 Å². The molecule has 0 aliphatic rings. The van der Waals surface area contributed by atoms with Gasteiger partial charge in [0.05, 0.1) is 0 Å². The van der Waals surface area contributed by atoms with Crippen molar-refractivity contribution in [2.24, 2.45) is 0 Å². The Balaban J connectivity index is 2.91. The molecule has 13 heavy (non-hydrogen) atoms. The van der Waals surface area contributed by atoms with E-state index in [9.17, 15) is 0 Å². The maximum Gasteiger partial charge on any atom is 0.0441 e. The van der Waals surface area contributed by atoms with Crippen LogP contribution in [0.5, 0.6) is 0 Å². The van der Waals surface area contributed by atoms with Gasteiger partial charge >= 0.3 is 0 Å². The highest BCUT2D eigenvalue weighted by molar-refractivity contribution is 9.09. The molecule has 0 radical (unpaired) electrons. The van der Waals surface area contributed by atoms with Crippen molar-refractivity contribution in [3.63, 3.8) is 0 Å². The molecule has 0 aliphatic carbocycles. The summed E-state index contributed by atoms with van der Waals surface area (Å²) in [6, 6.07) is 5.61. The zero-order valence-corrected chi connectivity index (χ0v) is 10.5. The molecular weight excluding hydrogens is 271 g/mol. The lowest BCUT2D eigenvalue weighted by atomic mass is 9.99. The normalized spacial score (nSPS) is 12.9. The Labute approximate surface area is 97.4 Å². The highest BCUT2D eigenvalue weighted by Gasteiger charge is 2.09. The molecule has 0 spiro atoms. The summed E-state index contributed by atoms with van der Waals surface area (Å²) >= 11 is 15.4. The molecule has 3 heteroatoms. The van der Waals surface area contributed by atoms with Crippen molar-refractivity contribution in [3.8, 4) is 0 Å². The topological polar surface area (TPSA) is 0 Å². The molecule has 1 aromatic carbocycles. The van der Waals surface area contributed by atoms with Crippen LogP contribution in [0.1, 0.15) is 24.8 Å². The molecule has 0 aliphatic heterocycles. The number of hydrogen-bond acceptors (Lipinski definition) is 0. The second-order valence-corrected chi connectivity index (χ2v) is 4.68. The number of alkyl halides is 1. The van der Waals surface area contributed by atoms with E-state index >= 15 is 0 Å². The molecule has 0 saturated carbocycles. The van der Waals surface area contributed by atoms with E-state index in [4.69, 9.17) is 23.2 Å². The third kappa shape index (κ3) is 3.16. The van der Waals surface area contributed by atoms with Crippen LogP contribution in [0.15, 0.2) is 18.2 Å². The van der Waals surface area contributed by atoms with E-state index in [1.165, 1.54) is 0 Å². The van der Waals surface area contributed by atoms with Gasteiger partial charge in [0.2, 0.25) is 0 Å². The smallest absolute Gasteiger partial charge is 0.0441 e. The first-order valence-electron chi connectivity index (χ1n) is 4.16. The third-order valence-corrected chi connectivity index (χ3v) is 3.07. The summed E-state index contributed by atoms with van der Waals surface area (Å²) in [7, 11) is 0. The van der Waals surface area contributed by atoms with Crippen LogP contribution < -0.4 is 0 Å². The van der Waals surface area contributed by atoms with Gasteiger partial charge < -0.3 is 0 Å². The molecule has 0 saturated heterocycles. The minimum Gasteiger partial charge on any atom is -0.0928 e. The standard InChI is InChI=1S/C10H11BrCl2/c1-7(4-5-11)9-6-8(12)2-3-10(9)13/h2-3,6-7H,4-5H2,1H3. The molecule has 0 N–H and O–H groups in total. The molecule has 1 aromatic rings. The molecule has 72 valence electrons. The zero-order valence-electron chi connectivity index (χ0n) is 7.36. The lowest BCUT2D eigenvalue weighted by Gasteiger charge is -2.12. The van der Waals surface area contributed by atoms with Crippen LogP contribution in [0, 0.1) is 0 Å². The van der Waals surface area contributed by atoms with Gasteiger partial charge in [-0.3, -0.25) is 0 Å². The van der Waals surface area contributed by atoms with Crippen molar-refractivity contribution in [1.29, 1.82) is 0 Å². The molecule has 0 bridgehead atoms. The van der Waals surface area contributed by atoms with Gasteiger partial charge in [-0.2, -0.15) is 0 Å². The molecule has 0 fully saturated rings. The minimum atomic E-state index is 0.450. The fourth-order valence-electron chi connectivity index (χ4n) is 1.21. The van der Waals surface area contributed by atoms with E-state index in [1.807, 2.05) is 18.2 Å². The molecule has 0 aromatic heterocycles. The van der Waals surface area contributed by atoms with Crippen LogP contribution in [0.4, 0.5) is 0 Å². The zero-order chi connectivity index (χ0) is 9.84. The second kappa shape index (κ2) is 5.23. The number of rotatable bonds is 3. The molecule has 1 unspecified atom stereocenters. The molecule has 1 atom stereocenters. The first kappa shape index (κ1) is 11.4. The SMILES string of the molecule is CC(CCBr)c1cc(Cl)ccc1Cl. The number of benzene rings is 1. The number of halogens is 3. The summed E-state index contributed by atoms with van der Waals surface area (Å²) in [4.78, 5) is 0. The molecular formula is C10H11BrCl2. The van der Waals surface area contributed by atoms with Crippen molar-refractivity contribution in [3.05, 3.63) is 33.8 Å². The first-order chi connectivity index (χ1) is 6.15. The fourth-order valence-corrected chi connectivity index (χ4v) is 2.38. The van der Waals surface area contributed by atoms with Crippen LogP contribution in [-0.4, -0.2) is 5.33 Å². The third-order valence-electron chi connectivity index (χ3n) is 2.03. The summed E-state index contributed by atoms with van der Waals surface area (Å²) < 4.78 is 0. The molecule has 0 nitrogen and oxygen atoms in total. The van der Waals surface area contributed by atoms with Crippen LogP contribution in [-0.2, 0) is 0 Å². The molecule has 0 amide bonds. The van der Waals surface area contributed by atoms with E-state index in [2.05, 4.69) is 22.9 Å². The minimum absolute atomic E-state index is 0.450. The predicted molar refractivity (Wildman–Crippen MR) is 63.3 cm³/mol. The van der Waals surface area contributed by atoms with Crippen molar-refractivity contribution in [1.82, 2.24) is 0 Å². The highest BCUT2D eigenvalue weighted by Crippen LogP contribution is 2.29. The van der Waals surface area contributed by atoms with Crippen molar-refractivity contribution < 1.29 is 0 Å². The van der Waals surface area contributed by atoms with Crippen molar-refractivity contribution in [2.75, 3.05) is 5.33 Å². The van der Waals surface area contributed by atoms with E-state index < -0.39 is 0 Å². The van der Waals surface area contributed by atoms with Gasteiger partial charge in [-0.15, -0.1) is 0 Å². The van der Waals surface area contributed by atoms with Gasteiger partial charge in [0, 0.05) is 15.4 Å². The first-order valence-corrected chi connectivity index (χ1v) is 6.03. The Morgan fingerprint density at radius 3 is 2.69 bits per heavy atom. The van der Waals surface area contributed by atoms with Crippen molar-refractivity contribution >= 4 is 39.1 Å². The summed E-state index contributed by atoms with van der Waals surface area (Å²) in [5.41, 5.74) is 1.13. The van der Waals surface area contributed by atoms with Gasteiger partial charge in [-0.1, -0.05) is 46.1 Å². The summed E-state index contributed by atoms with van der Waals surface area (Å²) in [6.07, 6.45) is 1.07. The summed E-state index contributed by atoms with van der Waals surface area (Å²) in [5.74, 6) is 0.450. The lowest BCUT2D eigenvalue weighted by molar-refractivity contribution is 0.744. The Kier molecular flexibility index (Phi) is 4.57. The monoisotopic (exact) mass is 280 g/mol. The average Bonchev–Trinajstić information content (AvgIpc) is 2.09. The van der Waals surface area contributed by atoms with E-state index in [0.29, 0.717) is 5.92 Å². The Morgan fingerprint density at radius 1 is 1.38 bits per heavy atom. The Hall–Kier alpha value is 0.280. The summed E-state index contributed by atoms with van der Waals surface area (Å²) in [5, 5.41) is 2.54. The van der Waals surface area contributed by atoms with Crippen molar-refractivity contribution in [2.45, 2.75) is 19.3 Å². The second-order valence-electron chi connectivity index (χ2n) is 3.04. The largest absolute Gasteiger partial charge is 0.0928 e. The van der Waals surface area contributed by atoms with Gasteiger partial charge in [0.25, 0.3) is 0 Å². The van der Waals surface area contributed by atoms with Gasteiger partial charge in [-0.05, 0) is 36.1 Å². The van der Waals surface area contributed by atoms with Crippen LogP contribution in [0.2, 0.25) is 10.0 Å². The fraction of sp³-hybridized carbons (Fsp3) is 0.400. The van der Waals surface area contributed by atoms with Crippen LogP contribution in [0.25, 0.3) is 0 Å². The Bertz CT molecular complexity index is 286. The van der Waals surface area contributed by atoms with E-state index in [0.717, 1.165) is 27.4 Å². The number of hydrogen-bond donors (Lipinski definition) is 0. The molecule has 0 heterocycles.